The summed E-state index contributed by atoms with van der Waals surface area (Å²) in [5.41, 5.74) is 0.514. The van der Waals surface area contributed by atoms with Gasteiger partial charge in [0.05, 0.1) is 31.3 Å². The lowest BCUT2D eigenvalue weighted by Gasteiger charge is -2.23. The lowest BCUT2D eigenvalue weighted by atomic mass is 10.3. The van der Waals surface area contributed by atoms with Crippen molar-refractivity contribution in [3.63, 3.8) is 0 Å². The Morgan fingerprint density at radius 2 is 1.70 bits per heavy atom. The molecule has 0 aromatic heterocycles. The molecule has 0 saturated heterocycles. The van der Waals surface area contributed by atoms with Gasteiger partial charge in [-0.25, -0.2) is 8.42 Å². The Bertz CT molecular complexity index is 769. The number of hydrogen-bond donors (Lipinski definition) is 0. The van der Waals surface area contributed by atoms with Crippen molar-refractivity contribution in [3.8, 4) is 11.5 Å². The maximum Gasteiger partial charge on any atom is 0.264 e. The molecule has 0 atom stereocenters. The van der Waals surface area contributed by atoms with Crippen LogP contribution in [0.5, 0.6) is 11.5 Å². The number of methoxy groups -OCH3 is 2. The van der Waals surface area contributed by atoms with Gasteiger partial charge in [-0.3, -0.25) is 4.31 Å². The minimum absolute atomic E-state index is 0.154. The summed E-state index contributed by atoms with van der Waals surface area (Å²) in [6, 6.07) is 13.2. The van der Waals surface area contributed by atoms with E-state index in [9.17, 15) is 8.42 Å². The van der Waals surface area contributed by atoms with Gasteiger partial charge in [-0.2, -0.15) is 0 Å². The van der Waals surface area contributed by atoms with Gasteiger partial charge in [0, 0.05) is 6.07 Å². The highest BCUT2D eigenvalue weighted by Gasteiger charge is 2.24. The molecule has 0 bridgehead atoms. The van der Waals surface area contributed by atoms with E-state index in [0.29, 0.717) is 17.2 Å². The fourth-order valence-corrected chi connectivity index (χ4v) is 3.53. The van der Waals surface area contributed by atoms with Gasteiger partial charge < -0.3 is 9.47 Å². The summed E-state index contributed by atoms with van der Waals surface area (Å²) < 4.78 is 37.4. The molecule has 0 aliphatic rings. The van der Waals surface area contributed by atoms with E-state index in [-0.39, 0.29) is 11.4 Å². The third-order valence-corrected chi connectivity index (χ3v) is 5.09. The first kappa shape index (κ1) is 16.9. The third-order valence-electron chi connectivity index (χ3n) is 3.28. The molecule has 0 spiro atoms. The lowest BCUT2D eigenvalue weighted by molar-refractivity contribution is 0.414. The van der Waals surface area contributed by atoms with E-state index in [0.717, 1.165) is 0 Å². The smallest absolute Gasteiger partial charge is 0.264 e. The van der Waals surface area contributed by atoms with E-state index in [4.69, 9.17) is 9.47 Å². The zero-order valence-corrected chi connectivity index (χ0v) is 13.9. The first-order valence-electron chi connectivity index (χ1n) is 6.94. The lowest BCUT2D eigenvalue weighted by Crippen LogP contribution is -2.31. The van der Waals surface area contributed by atoms with Crippen molar-refractivity contribution in [2.75, 3.05) is 25.1 Å². The van der Waals surface area contributed by atoms with E-state index in [2.05, 4.69) is 6.58 Å². The summed E-state index contributed by atoms with van der Waals surface area (Å²) in [6.45, 7) is 3.80. The largest absolute Gasteiger partial charge is 0.497 e. The minimum atomic E-state index is -3.72. The monoisotopic (exact) mass is 333 g/mol. The van der Waals surface area contributed by atoms with Crippen LogP contribution in [0.3, 0.4) is 0 Å². The Hall–Kier alpha value is -2.47. The number of rotatable bonds is 7. The van der Waals surface area contributed by atoms with Crippen LogP contribution in [0.25, 0.3) is 0 Å². The summed E-state index contributed by atoms with van der Waals surface area (Å²) in [5, 5.41) is 0. The van der Waals surface area contributed by atoms with Gasteiger partial charge in [-0.15, -0.1) is 6.58 Å². The number of hydrogen-bond acceptors (Lipinski definition) is 4. The Labute approximate surface area is 136 Å². The van der Waals surface area contributed by atoms with E-state index < -0.39 is 10.0 Å². The van der Waals surface area contributed by atoms with Crippen LogP contribution in [0, 0.1) is 0 Å². The van der Waals surface area contributed by atoms with E-state index in [1.807, 2.05) is 0 Å². The third kappa shape index (κ3) is 3.65. The van der Waals surface area contributed by atoms with Crippen molar-refractivity contribution in [2.45, 2.75) is 4.90 Å². The van der Waals surface area contributed by atoms with Crippen molar-refractivity contribution in [1.29, 1.82) is 0 Å². The molecule has 0 aliphatic heterocycles. The van der Waals surface area contributed by atoms with Gasteiger partial charge in [0.1, 0.15) is 11.5 Å². The van der Waals surface area contributed by atoms with Gasteiger partial charge in [0.2, 0.25) is 0 Å². The fraction of sp³-hybridized carbons (Fsp3) is 0.176. The van der Waals surface area contributed by atoms with Crippen LogP contribution in [-0.4, -0.2) is 29.2 Å². The van der Waals surface area contributed by atoms with Crippen molar-refractivity contribution in [2.24, 2.45) is 0 Å². The first-order valence-corrected chi connectivity index (χ1v) is 8.38. The normalized spacial score (nSPS) is 10.9. The van der Waals surface area contributed by atoms with Crippen molar-refractivity contribution in [1.82, 2.24) is 0 Å². The van der Waals surface area contributed by atoms with Gasteiger partial charge >= 0.3 is 0 Å². The molecule has 23 heavy (non-hydrogen) atoms. The highest BCUT2D eigenvalue weighted by Crippen LogP contribution is 2.27. The topological polar surface area (TPSA) is 55.8 Å². The van der Waals surface area contributed by atoms with Crippen molar-refractivity contribution >= 4 is 15.7 Å². The molecule has 0 unspecified atom stereocenters. The molecule has 2 aromatic rings. The second-order valence-electron chi connectivity index (χ2n) is 4.70. The van der Waals surface area contributed by atoms with Crippen LogP contribution in [-0.2, 0) is 10.0 Å². The van der Waals surface area contributed by atoms with E-state index >= 15 is 0 Å². The molecule has 0 fully saturated rings. The molecule has 0 heterocycles. The van der Waals surface area contributed by atoms with Gasteiger partial charge in [-0.1, -0.05) is 12.1 Å². The number of benzene rings is 2. The molecular weight excluding hydrogens is 314 g/mol. The summed E-state index contributed by atoms with van der Waals surface area (Å²) >= 11 is 0. The maximum atomic E-state index is 12.9. The Balaban J connectivity index is 2.47. The molecule has 2 rings (SSSR count). The number of ether oxygens (including phenoxy) is 2. The van der Waals surface area contributed by atoms with Crippen LogP contribution >= 0.6 is 0 Å². The van der Waals surface area contributed by atoms with Crippen molar-refractivity contribution < 1.29 is 17.9 Å². The zero-order valence-electron chi connectivity index (χ0n) is 13.1. The van der Waals surface area contributed by atoms with Gasteiger partial charge in [-0.05, 0) is 36.4 Å². The fourth-order valence-electron chi connectivity index (χ4n) is 2.10. The quantitative estimate of drug-likeness (QED) is 0.731. The van der Waals surface area contributed by atoms with E-state index in [1.165, 1.54) is 30.7 Å². The number of nitrogens with zero attached hydrogens (tertiary/aromatic N) is 1. The summed E-state index contributed by atoms with van der Waals surface area (Å²) in [4.78, 5) is 0.183. The molecule has 6 heteroatoms. The minimum Gasteiger partial charge on any atom is -0.497 e. The van der Waals surface area contributed by atoms with Crippen LogP contribution in [0.4, 0.5) is 5.69 Å². The first-order chi connectivity index (χ1) is 11.0. The molecular formula is C17H19NO4S. The molecule has 0 aliphatic carbocycles. The van der Waals surface area contributed by atoms with Crippen LogP contribution in [0.15, 0.2) is 66.1 Å². The highest BCUT2D eigenvalue weighted by atomic mass is 32.2. The SMILES string of the molecule is C=CCN(c1cccc(OC)c1)S(=O)(=O)c1ccc(OC)cc1. The average Bonchev–Trinajstić information content (AvgIpc) is 2.59. The summed E-state index contributed by atoms with van der Waals surface area (Å²) in [5.74, 6) is 1.18. The Morgan fingerprint density at radius 3 is 2.26 bits per heavy atom. The molecule has 5 nitrogen and oxygen atoms in total. The zero-order chi connectivity index (χ0) is 16.9. The molecule has 0 amide bonds. The highest BCUT2D eigenvalue weighted by molar-refractivity contribution is 7.92. The average molecular weight is 333 g/mol. The maximum absolute atomic E-state index is 12.9. The van der Waals surface area contributed by atoms with Crippen LogP contribution in [0.1, 0.15) is 0 Å². The standard InChI is InChI=1S/C17H19NO4S/c1-4-12-18(14-6-5-7-16(13-14)22-3)23(19,20)17-10-8-15(21-2)9-11-17/h4-11,13H,1,12H2,2-3H3. The van der Waals surface area contributed by atoms with Crippen LogP contribution in [0.2, 0.25) is 0 Å². The Morgan fingerprint density at radius 1 is 1.04 bits per heavy atom. The molecule has 0 radical (unpaired) electrons. The van der Waals surface area contributed by atoms with Crippen LogP contribution < -0.4 is 13.8 Å². The van der Waals surface area contributed by atoms with E-state index in [1.54, 1.807) is 42.5 Å². The summed E-state index contributed by atoms with van der Waals surface area (Å²) in [6.07, 6.45) is 1.54. The summed E-state index contributed by atoms with van der Waals surface area (Å²) in [7, 11) is -0.647. The number of sulfonamides is 1. The second-order valence-corrected chi connectivity index (χ2v) is 6.56. The molecule has 122 valence electrons. The Kier molecular flexibility index (Phi) is 5.28. The number of anilines is 1. The van der Waals surface area contributed by atoms with Gasteiger partial charge in [0.25, 0.3) is 10.0 Å². The second kappa shape index (κ2) is 7.19. The predicted molar refractivity (Wildman–Crippen MR) is 90.7 cm³/mol. The predicted octanol–water partition coefficient (Wildman–Crippen LogP) is 3.09. The molecule has 0 N–H and O–H groups in total. The molecule has 0 saturated carbocycles. The van der Waals surface area contributed by atoms with Gasteiger partial charge in [0.15, 0.2) is 0 Å². The molecule has 2 aromatic carbocycles. The van der Waals surface area contributed by atoms with Crippen molar-refractivity contribution in [3.05, 3.63) is 61.2 Å².